The van der Waals surface area contributed by atoms with E-state index in [2.05, 4.69) is 12.2 Å². The highest BCUT2D eigenvalue weighted by atomic mass is 16.5. The first-order chi connectivity index (χ1) is 7.26. The minimum atomic E-state index is -0.268. The molecule has 0 spiro atoms. The number of carbonyl (C=O) groups excluding carboxylic acids is 1. The lowest BCUT2D eigenvalue weighted by molar-refractivity contribution is 0.148. The molecule has 0 unspecified atom stereocenters. The van der Waals surface area contributed by atoms with Crippen LogP contribution in [-0.2, 0) is 4.74 Å². The Bertz CT molecular complexity index is 186. The Hall–Kier alpha value is -0.730. The minimum absolute atomic E-state index is 0.268. The zero-order valence-corrected chi connectivity index (χ0v) is 9.92. The molecule has 0 aromatic carbocycles. The Morgan fingerprint density at radius 3 is 2.33 bits per heavy atom. The van der Waals surface area contributed by atoms with Gasteiger partial charge in [0.15, 0.2) is 0 Å². The largest absolute Gasteiger partial charge is 0.450 e. The van der Waals surface area contributed by atoms with Crippen molar-refractivity contribution in [2.75, 3.05) is 13.2 Å². The van der Waals surface area contributed by atoms with Gasteiger partial charge in [-0.1, -0.05) is 26.2 Å². The third kappa shape index (κ3) is 4.54. The molecular weight excluding hydrogens is 190 g/mol. The Kier molecular flexibility index (Phi) is 5.51. The number of ether oxygens (including phenoxy) is 1. The van der Waals surface area contributed by atoms with Crippen LogP contribution < -0.4 is 5.32 Å². The van der Waals surface area contributed by atoms with Crippen LogP contribution >= 0.6 is 0 Å². The van der Waals surface area contributed by atoms with E-state index in [0.717, 1.165) is 12.5 Å². The van der Waals surface area contributed by atoms with Crippen LogP contribution in [-0.4, -0.2) is 19.2 Å². The SMILES string of the molecule is CCOC(=O)NCC1CCC(CC)CC1. The molecule has 1 aliphatic rings. The van der Waals surface area contributed by atoms with E-state index in [1.807, 2.05) is 6.92 Å². The maximum Gasteiger partial charge on any atom is 0.407 e. The maximum absolute atomic E-state index is 11.1. The Balaban J connectivity index is 2.10. The van der Waals surface area contributed by atoms with Gasteiger partial charge in [-0.15, -0.1) is 0 Å². The molecule has 0 saturated heterocycles. The summed E-state index contributed by atoms with van der Waals surface area (Å²) in [6, 6.07) is 0. The minimum Gasteiger partial charge on any atom is -0.450 e. The zero-order chi connectivity index (χ0) is 11.1. The van der Waals surface area contributed by atoms with Crippen LogP contribution in [0, 0.1) is 11.8 Å². The second-order valence-corrected chi connectivity index (χ2v) is 4.40. The molecule has 0 aromatic heterocycles. The number of carbonyl (C=O) groups is 1. The lowest BCUT2D eigenvalue weighted by atomic mass is 9.81. The summed E-state index contributed by atoms with van der Waals surface area (Å²) in [5.41, 5.74) is 0. The van der Waals surface area contributed by atoms with Crippen molar-refractivity contribution in [1.29, 1.82) is 0 Å². The fraction of sp³-hybridized carbons (Fsp3) is 0.917. The first kappa shape index (κ1) is 12.3. The highest BCUT2D eigenvalue weighted by molar-refractivity contribution is 5.66. The van der Waals surface area contributed by atoms with E-state index in [-0.39, 0.29) is 6.09 Å². The average Bonchev–Trinajstić information content (AvgIpc) is 2.27. The van der Waals surface area contributed by atoms with Gasteiger partial charge in [-0.3, -0.25) is 0 Å². The average molecular weight is 213 g/mol. The number of rotatable bonds is 4. The summed E-state index contributed by atoms with van der Waals surface area (Å²) in [6.07, 6.45) is 6.20. The summed E-state index contributed by atoms with van der Waals surface area (Å²) in [4.78, 5) is 11.1. The van der Waals surface area contributed by atoms with Crippen molar-refractivity contribution < 1.29 is 9.53 Å². The fourth-order valence-corrected chi connectivity index (χ4v) is 2.25. The topological polar surface area (TPSA) is 38.3 Å². The van der Waals surface area contributed by atoms with Gasteiger partial charge in [0.1, 0.15) is 0 Å². The first-order valence-corrected chi connectivity index (χ1v) is 6.16. The third-order valence-corrected chi connectivity index (χ3v) is 3.35. The van der Waals surface area contributed by atoms with Gasteiger partial charge in [0, 0.05) is 6.54 Å². The van der Waals surface area contributed by atoms with Crippen molar-refractivity contribution in [3.8, 4) is 0 Å². The molecule has 1 fully saturated rings. The summed E-state index contributed by atoms with van der Waals surface area (Å²) < 4.78 is 4.83. The van der Waals surface area contributed by atoms with Crippen molar-refractivity contribution in [2.45, 2.75) is 46.0 Å². The molecule has 1 aliphatic carbocycles. The molecule has 1 saturated carbocycles. The van der Waals surface area contributed by atoms with Crippen LogP contribution in [0.3, 0.4) is 0 Å². The van der Waals surface area contributed by atoms with Gasteiger partial charge in [0.25, 0.3) is 0 Å². The number of nitrogens with one attached hydrogen (secondary N) is 1. The van der Waals surface area contributed by atoms with E-state index < -0.39 is 0 Å². The molecular formula is C12H23NO2. The highest BCUT2D eigenvalue weighted by Gasteiger charge is 2.20. The second kappa shape index (κ2) is 6.70. The molecule has 0 aromatic rings. The smallest absolute Gasteiger partial charge is 0.407 e. The lowest BCUT2D eigenvalue weighted by Crippen LogP contribution is -2.31. The van der Waals surface area contributed by atoms with Crippen LogP contribution in [0.1, 0.15) is 46.0 Å². The zero-order valence-electron chi connectivity index (χ0n) is 9.92. The normalized spacial score (nSPS) is 26.0. The number of hydrogen-bond acceptors (Lipinski definition) is 2. The summed E-state index contributed by atoms with van der Waals surface area (Å²) in [5.74, 6) is 1.58. The van der Waals surface area contributed by atoms with E-state index in [1.165, 1.54) is 32.1 Å². The molecule has 0 aliphatic heterocycles. The van der Waals surface area contributed by atoms with E-state index in [1.54, 1.807) is 0 Å². The number of hydrogen-bond donors (Lipinski definition) is 1. The van der Waals surface area contributed by atoms with Gasteiger partial charge in [-0.2, -0.15) is 0 Å². The summed E-state index contributed by atoms with van der Waals surface area (Å²) in [7, 11) is 0. The lowest BCUT2D eigenvalue weighted by Gasteiger charge is -2.27. The monoisotopic (exact) mass is 213 g/mol. The van der Waals surface area contributed by atoms with E-state index >= 15 is 0 Å². The van der Waals surface area contributed by atoms with Crippen LogP contribution in [0.2, 0.25) is 0 Å². The molecule has 1 amide bonds. The van der Waals surface area contributed by atoms with Gasteiger partial charge in [0.2, 0.25) is 0 Å². The molecule has 3 nitrogen and oxygen atoms in total. The molecule has 1 rings (SSSR count). The van der Waals surface area contributed by atoms with Gasteiger partial charge >= 0.3 is 6.09 Å². The Morgan fingerprint density at radius 2 is 1.80 bits per heavy atom. The van der Waals surface area contributed by atoms with E-state index in [4.69, 9.17) is 4.74 Å². The summed E-state index contributed by atoms with van der Waals surface area (Å²) in [5, 5.41) is 2.82. The molecule has 0 heterocycles. The van der Waals surface area contributed by atoms with Crippen molar-refractivity contribution >= 4 is 6.09 Å². The molecule has 0 radical (unpaired) electrons. The molecule has 0 atom stereocenters. The molecule has 3 heteroatoms. The van der Waals surface area contributed by atoms with E-state index in [0.29, 0.717) is 12.5 Å². The predicted octanol–water partition coefficient (Wildman–Crippen LogP) is 2.95. The first-order valence-electron chi connectivity index (χ1n) is 6.16. The van der Waals surface area contributed by atoms with Crippen LogP contribution in [0.5, 0.6) is 0 Å². The van der Waals surface area contributed by atoms with Gasteiger partial charge in [-0.25, -0.2) is 4.79 Å². The molecule has 15 heavy (non-hydrogen) atoms. The van der Waals surface area contributed by atoms with Crippen LogP contribution in [0.15, 0.2) is 0 Å². The molecule has 1 N–H and O–H groups in total. The standard InChI is InChI=1S/C12H23NO2/c1-3-10-5-7-11(8-6-10)9-13-12(14)15-4-2/h10-11H,3-9H2,1-2H3,(H,13,14). The van der Waals surface area contributed by atoms with Gasteiger partial charge in [0.05, 0.1) is 6.61 Å². The van der Waals surface area contributed by atoms with Crippen molar-refractivity contribution in [1.82, 2.24) is 5.32 Å². The predicted molar refractivity (Wildman–Crippen MR) is 60.8 cm³/mol. The maximum atomic E-state index is 11.1. The number of alkyl carbamates (subject to hydrolysis) is 1. The van der Waals surface area contributed by atoms with Crippen molar-refractivity contribution in [3.05, 3.63) is 0 Å². The Labute approximate surface area is 92.6 Å². The Morgan fingerprint density at radius 1 is 1.20 bits per heavy atom. The molecule has 0 bridgehead atoms. The second-order valence-electron chi connectivity index (χ2n) is 4.40. The van der Waals surface area contributed by atoms with Crippen molar-refractivity contribution in [2.24, 2.45) is 11.8 Å². The van der Waals surface area contributed by atoms with Crippen LogP contribution in [0.4, 0.5) is 4.79 Å². The highest BCUT2D eigenvalue weighted by Crippen LogP contribution is 2.29. The third-order valence-electron chi connectivity index (χ3n) is 3.35. The van der Waals surface area contributed by atoms with Crippen LogP contribution in [0.25, 0.3) is 0 Å². The van der Waals surface area contributed by atoms with Gasteiger partial charge < -0.3 is 10.1 Å². The molecule has 88 valence electrons. The summed E-state index contributed by atoms with van der Waals surface area (Å²) >= 11 is 0. The summed E-state index contributed by atoms with van der Waals surface area (Å²) in [6.45, 7) is 5.33. The van der Waals surface area contributed by atoms with Gasteiger partial charge in [-0.05, 0) is 31.6 Å². The van der Waals surface area contributed by atoms with Crippen molar-refractivity contribution in [3.63, 3.8) is 0 Å². The quantitative estimate of drug-likeness (QED) is 0.779. The fourth-order valence-electron chi connectivity index (χ4n) is 2.25. The van der Waals surface area contributed by atoms with E-state index in [9.17, 15) is 4.79 Å². The number of amides is 1.